The first-order valence-electron chi connectivity index (χ1n) is 12.7. The largest absolute Gasteiger partial charge is 0.340 e. The molecule has 0 unspecified atom stereocenters. The highest BCUT2D eigenvalue weighted by atomic mass is 32.1. The second-order valence-electron chi connectivity index (χ2n) is 9.53. The summed E-state index contributed by atoms with van der Waals surface area (Å²) < 4.78 is 13.5. The molecule has 3 N–H and O–H groups in total. The third-order valence-corrected chi connectivity index (χ3v) is 7.80. The summed E-state index contributed by atoms with van der Waals surface area (Å²) in [7, 11) is 0. The molecule has 2 aromatic heterocycles. The fraction of sp³-hybridized carbons (Fsp3) is 0.276. The number of likely N-dealkylation sites (tertiary alicyclic amines) is 1. The van der Waals surface area contributed by atoms with E-state index in [0.717, 1.165) is 43.9 Å². The van der Waals surface area contributed by atoms with E-state index in [1.54, 1.807) is 42.7 Å². The average Bonchev–Trinajstić information content (AvgIpc) is 3.34. The van der Waals surface area contributed by atoms with Crippen molar-refractivity contribution in [3.63, 3.8) is 0 Å². The molecule has 1 aliphatic rings. The van der Waals surface area contributed by atoms with E-state index in [9.17, 15) is 9.18 Å². The van der Waals surface area contributed by atoms with Gasteiger partial charge < -0.3 is 20.9 Å². The van der Waals surface area contributed by atoms with Crippen LogP contribution in [0, 0.1) is 19.7 Å². The van der Waals surface area contributed by atoms with Crippen molar-refractivity contribution >= 4 is 40.4 Å². The summed E-state index contributed by atoms with van der Waals surface area (Å²) in [5.41, 5.74) is 4.09. The number of nitrogens with zero attached hydrogens (tertiary/aromatic N) is 3. The van der Waals surface area contributed by atoms with E-state index in [2.05, 4.69) is 44.3 Å². The van der Waals surface area contributed by atoms with E-state index in [4.69, 9.17) is 0 Å². The van der Waals surface area contributed by atoms with Crippen LogP contribution in [0.15, 0.2) is 66.2 Å². The number of aryl methyl sites for hydroxylation is 2. The SMILES string of the molecule is Cc1cc(Nc2ccnc(Nc3ccc(C(=O)N4CCC(NCc5sccc5C)CC4)cc3)n2)ccc1F. The Morgan fingerprint density at radius 2 is 1.76 bits per heavy atom. The van der Waals surface area contributed by atoms with Crippen molar-refractivity contribution in [2.45, 2.75) is 39.3 Å². The van der Waals surface area contributed by atoms with Crippen LogP contribution in [0.5, 0.6) is 0 Å². The van der Waals surface area contributed by atoms with Crippen molar-refractivity contribution < 1.29 is 9.18 Å². The van der Waals surface area contributed by atoms with Gasteiger partial charge in [0.05, 0.1) is 0 Å². The zero-order chi connectivity index (χ0) is 26.5. The lowest BCUT2D eigenvalue weighted by molar-refractivity contribution is 0.0705. The molecule has 1 amide bonds. The Morgan fingerprint density at radius 1 is 1.00 bits per heavy atom. The highest BCUT2D eigenvalue weighted by molar-refractivity contribution is 7.10. The molecule has 1 aliphatic heterocycles. The molecule has 3 heterocycles. The Balaban J connectivity index is 1.13. The summed E-state index contributed by atoms with van der Waals surface area (Å²) in [4.78, 5) is 25.1. The number of carbonyl (C=O) groups excluding carboxylic acids is 1. The predicted octanol–water partition coefficient (Wildman–Crippen LogP) is 6.18. The van der Waals surface area contributed by atoms with Gasteiger partial charge in [0.15, 0.2) is 0 Å². The zero-order valence-corrected chi connectivity index (χ0v) is 22.3. The number of halogens is 1. The van der Waals surface area contributed by atoms with E-state index < -0.39 is 0 Å². The Bertz CT molecular complexity index is 1400. The number of piperidine rings is 1. The molecule has 0 bridgehead atoms. The summed E-state index contributed by atoms with van der Waals surface area (Å²) in [6, 6.07) is 16.5. The van der Waals surface area contributed by atoms with Gasteiger partial charge in [0, 0.05) is 53.7 Å². The van der Waals surface area contributed by atoms with Crippen molar-refractivity contribution in [3.05, 3.63) is 93.6 Å². The lowest BCUT2D eigenvalue weighted by Gasteiger charge is -2.32. The van der Waals surface area contributed by atoms with Gasteiger partial charge in [0.2, 0.25) is 5.95 Å². The highest BCUT2D eigenvalue weighted by Crippen LogP contribution is 2.22. The topological polar surface area (TPSA) is 82.2 Å². The Labute approximate surface area is 226 Å². The van der Waals surface area contributed by atoms with Crippen LogP contribution in [0.2, 0.25) is 0 Å². The van der Waals surface area contributed by atoms with Crippen molar-refractivity contribution in [1.29, 1.82) is 0 Å². The number of carbonyl (C=O) groups is 1. The lowest BCUT2D eigenvalue weighted by atomic mass is 10.0. The van der Waals surface area contributed by atoms with Crippen molar-refractivity contribution in [2.75, 3.05) is 23.7 Å². The fourth-order valence-electron chi connectivity index (χ4n) is 4.48. The van der Waals surface area contributed by atoms with Crippen molar-refractivity contribution in [2.24, 2.45) is 0 Å². The first kappa shape index (κ1) is 25.8. The minimum atomic E-state index is -0.246. The summed E-state index contributed by atoms with van der Waals surface area (Å²) in [5.74, 6) is 0.814. The fourth-order valence-corrected chi connectivity index (χ4v) is 5.33. The number of anilines is 4. The Kier molecular flexibility index (Phi) is 7.95. The third kappa shape index (κ3) is 6.35. The van der Waals surface area contributed by atoms with Gasteiger partial charge >= 0.3 is 0 Å². The minimum Gasteiger partial charge on any atom is -0.340 e. The van der Waals surface area contributed by atoms with Gasteiger partial charge in [0.1, 0.15) is 11.6 Å². The first-order valence-corrected chi connectivity index (χ1v) is 13.6. The maximum absolute atomic E-state index is 13.5. The number of rotatable bonds is 8. The number of nitrogens with one attached hydrogen (secondary N) is 3. The van der Waals surface area contributed by atoms with Crippen LogP contribution >= 0.6 is 11.3 Å². The van der Waals surface area contributed by atoms with Crippen molar-refractivity contribution in [3.8, 4) is 0 Å². The molecule has 2 aromatic carbocycles. The number of hydrogen-bond donors (Lipinski definition) is 3. The van der Waals surface area contributed by atoms with Crippen LogP contribution in [-0.4, -0.2) is 39.9 Å². The standard InChI is InChI=1S/C29H31FN6OS/c1-19-12-16-38-26(19)18-32-22-10-14-36(15-11-22)28(37)21-3-5-23(6-4-21)34-29-31-13-9-27(35-29)33-24-7-8-25(30)20(2)17-24/h3-9,12-13,16-17,22,32H,10-11,14-15,18H2,1-2H3,(H2,31,33,34,35). The molecule has 0 spiro atoms. The molecule has 1 fully saturated rings. The normalized spacial score (nSPS) is 13.9. The van der Waals surface area contributed by atoms with Gasteiger partial charge in [-0.15, -0.1) is 11.3 Å². The predicted molar refractivity (Wildman–Crippen MR) is 151 cm³/mol. The van der Waals surface area contributed by atoms with E-state index in [1.807, 2.05) is 29.2 Å². The molecule has 0 radical (unpaired) electrons. The van der Waals surface area contributed by atoms with Gasteiger partial charge in [-0.2, -0.15) is 4.98 Å². The average molecular weight is 531 g/mol. The first-order chi connectivity index (χ1) is 18.4. The minimum absolute atomic E-state index is 0.0566. The van der Waals surface area contributed by atoms with Crippen LogP contribution < -0.4 is 16.0 Å². The van der Waals surface area contributed by atoms with Crippen LogP contribution in [0.1, 0.15) is 39.2 Å². The quantitative estimate of drug-likeness (QED) is 0.253. The number of amides is 1. The maximum Gasteiger partial charge on any atom is 0.253 e. The second kappa shape index (κ2) is 11.7. The molecule has 7 nitrogen and oxygen atoms in total. The molecule has 5 rings (SSSR count). The van der Waals surface area contributed by atoms with Crippen LogP contribution in [0.25, 0.3) is 0 Å². The number of thiophene rings is 1. The summed E-state index contributed by atoms with van der Waals surface area (Å²) >= 11 is 1.79. The van der Waals surface area contributed by atoms with Crippen LogP contribution in [0.4, 0.5) is 27.5 Å². The molecule has 0 saturated carbocycles. The Morgan fingerprint density at radius 3 is 2.47 bits per heavy atom. The van der Waals surface area contributed by atoms with Gasteiger partial charge in [-0.3, -0.25) is 4.79 Å². The smallest absolute Gasteiger partial charge is 0.253 e. The number of benzene rings is 2. The summed E-state index contributed by atoms with van der Waals surface area (Å²) in [5, 5.41) is 12.1. The van der Waals surface area contributed by atoms with E-state index in [0.29, 0.717) is 28.9 Å². The zero-order valence-electron chi connectivity index (χ0n) is 21.5. The molecular weight excluding hydrogens is 499 g/mol. The maximum atomic E-state index is 13.5. The molecule has 0 atom stereocenters. The molecule has 4 aromatic rings. The number of hydrogen-bond acceptors (Lipinski definition) is 7. The number of aromatic nitrogens is 2. The monoisotopic (exact) mass is 530 g/mol. The summed E-state index contributed by atoms with van der Waals surface area (Å²) in [6.45, 7) is 6.26. The molecular formula is C29H31FN6OS. The molecule has 1 saturated heterocycles. The molecule has 0 aliphatic carbocycles. The molecule has 38 heavy (non-hydrogen) atoms. The van der Waals surface area contributed by atoms with Crippen molar-refractivity contribution in [1.82, 2.24) is 20.2 Å². The third-order valence-electron chi connectivity index (χ3n) is 6.78. The summed E-state index contributed by atoms with van der Waals surface area (Å²) in [6.07, 6.45) is 3.55. The second-order valence-corrected chi connectivity index (χ2v) is 10.5. The molecule has 196 valence electrons. The van der Waals surface area contributed by atoms with Gasteiger partial charge in [-0.05, 0) is 97.8 Å². The van der Waals surface area contributed by atoms with Crippen LogP contribution in [0.3, 0.4) is 0 Å². The van der Waals surface area contributed by atoms with E-state index in [1.165, 1.54) is 16.5 Å². The van der Waals surface area contributed by atoms with E-state index >= 15 is 0 Å². The molecule has 9 heteroatoms. The van der Waals surface area contributed by atoms with Crippen LogP contribution in [-0.2, 0) is 6.54 Å². The van der Waals surface area contributed by atoms with Gasteiger partial charge in [-0.1, -0.05) is 0 Å². The van der Waals surface area contributed by atoms with Gasteiger partial charge in [-0.25, -0.2) is 9.37 Å². The Hall–Kier alpha value is -3.82. The lowest BCUT2D eigenvalue weighted by Crippen LogP contribution is -2.44. The highest BCUT2D eigenvalue weighted by Gasteiger charge is 2.23. The van der Waals surface area contributed by atoms with E-state index in [-0.39, 0.29) is 11.7 Å². The van der Waals surface area contributed by atoms with Gasteiger partial charge in [0.25, 0.3) is 5.91 Å².